The van der Waals surface area contributed by atoms with E-state index in [1.165, 1.54) is 0 Å². The summed E-state index contributed by atoms with van der Waals surface area (Å²) in [5.41, 5.74) is 3.20. The summed E-state index contributed by atoms with van der Waals surface area (Å²) in [6.45, 7) is 0. The van der Waals surface area contributed by atoms with Crippen molar-refractivity contribution in [3.8, 4) is 22.8 Å². The number of hydrogen-bond donors (Lipinski definition) is 0. The Kier molecular flexibility index (Phi) is 12.1. The van der Waals surface area contributed by atoms with Crippen LogP contribution in [-0.4, -0.2) is 34.9 Å². The Morgan fingerprint density at radius 1 is 0.500 bits per heavy atom. The van der Waals surface area contributed by atoms with Crippen molar-refractivity contribution in [1.82, 2.24) is 34.9 Å². The number of hydrogen-bond acceptors (Lipinski definition) is 9. The van der Waals surface area contributed by atoms with Gasteiger partial charge in [0, 0.05) is 52.5 Å². The van der Waals surface area contributed by atoms with Crippen molar-refractivity contribution in [2.75, 3.05) is 0 Å². The molecule has 5 aromatic heterocycles. The molecule has 0 bridgehead atoms. The largest absolute Gasteiger partial charge is 2.00 e. The van der Waals surface area contributed by atoms with Gasteiger partial charge < -0.3 is 25.3 Å². The molecule has 0 N–H and O–H groups in total. The molecule has 0 fully saturated rings. The number of nitrogens with zero attached hydrogens (tertiary/aromatic N) is 7. The molecule has 0 aliphatic rings. The van der Waals surface area contributed by atoms with Crippen molar-refractivity contribution in [2.24, 2.45) is 0 Å². The molecular formula is C23H16ClN7PtS2. The molecular weight excluding hydrogens is 669 g/mol. The van der Waals surface area contributed by atoms with E-state index < -0.39 is 0 Å². The zero-order valence-corrected chi connectivity index (χ0v) is 22.0. The van der Waals surface area contributed by atoms with Crippen LogP contribution in [0.3, 0.4) is 0 Å². The summed E-state index contributed by atoms with van der Waals surface area (Å²) in [6.07, 6.45) is 9.91. The number of rotatable bonds is 2. The first-order valence-electron chi connectivity index (χ1n) is 9.50. The quantitative estimate of drug-likeness (QED) is 0.195. The van der Waals surface area contributed by atoms with E-state index in [0.717, 1.165) is 22.8 Å². The third kappa shape index (κ3) is 9.49. The van der Waals surface area contributed by atoms with E-state index in [2.05, 4.69) is 60.1 Å². The minimum Gasteiger partial charge on any atom is -0.740 e. The summed E-state index contributed by atoms with van der Waals surface area (Å²) >= 11 is 15.2. The summed E-state index contributed by atoms with van der Waals surface area (Å²) in [5, 5.41) is 1.46. The van der Waals surface area contributed by atoms with Crippen molar-refractivity contribution < 1.29 is 21.1 Å². The van der Waals surface area contributed by atoms with Crippen molar-refractivity contribution in [2.45, 2.75) is 10.3 Å². The van der Waals surface area contributed by atoms with Gasteiger partial charge in [-0.25, -0.2) is 4.98 Å². The molecule has 5 heterocycles. The smallest absolute Gasteiger partial charge is 0.740 e. The maximum Gasteiger partial charge on any atom is 2.00 e. The molecule has 0 saturated heterocycles. The fraction of sp³-hybridized carbons (Fsp3) is 0. The van der Waals surface area contributed by atoms with Gasteiger partial charge in [0.2, 0.25) is 0 Å². The summed E-state index contributed by atoms with van der Waals surface area (Å²) in [5.74, 6) is 0. The summed E-state index contributed by atoms with van der Waals surface area (Å²) in [4.78, 5) is 27.9. The normalized spacial score (nSPS) is 9.32. The number of halogens is 1. The Bertz CT molecular complexity index is 1220. The SMILES string of the molecule is Clc1ccnc(-c2cccc(-c3ccccn3)n2)c1.[Pt+2].[S-]c1ncccn1.[S-]c1ncccn1. The van der Waals surface area contributed by atoms with Gasteiger partial charge in [-0.3, -0.25) is 29.9 Å². The monoisotopic (exact) mass is 684 g/mol. The minimum absolute atomic E-state index is 0. The molecule has 0 unspecified atom stereocenters. The van der Waals surface area contributed by atoms with E-state index in [9.17, 15) is 0 Å². The molecule has 5 rings (SSSR count). The maximum atomic E-state index is 5.97. The molecule has 11 heteroatoms. The Hall–Kier alpha value is -2.97. The van der Waals surface area contributed by atoms with E-state index in [1.807, 2.05) is 36.4 Å². The third-order valence-electron chi connectivity index (χ3n) is 3.74. The van der Waals surface area contributed by atoms with Crippen molar-refractivity contribution in [1.29, 1.82) is 0 Å². The molecule has 0 aliphatic heterocycles. The van der Waals surface area contributed by atoms with Gasteiger partial charge in [-0.1, -0.05) is 23.7 Å². The summed E-state index contributed by atoms with van der Waals surface area (Å²) in [6, 6.07) is 18.5. The minimum atomic E-state index is 0. The first kappa shape index (κ1) is 27.3. The average molecular weight is 685 g/mol. The van der Waals surface area contributed by atoms with Crippen LogP contribution in [0.5, 0.6) is 0 Å². The van der Waals surface area contributed by atoms with E-state index in [-0.39, 0.29) is 21.1 Å². The molecule has 0 aromatic carbocycles. The molecule has 0 amide bonds. The maximum absolute atomic E-state index is 5.97. The molecule has 0 atom stereocenters. The van der Waals surface area contributed by atoms with Crippen LogP contribution in [0.2, 0.25) is 5.02 Å². The number of aromatic nitrogens is 7. The zero-order chi connectivity index (χ0) is 23.3. The standard InChI is InChI=1S/C15H10ClN3.2C4H4N2S.Pt/c16-11-7-9-18-15(10-11)14-6-3-5-13(19-14)12-4-1-2-8-17-12;2*7-4-5-2-1-3-6-4;/h1-10H;2*1-3H,(H,5,6,7);/q;;;+2/p-2. The second-order valence-corrected chi connectivity index (χ2v) is 7.21. The topological polar surface area (TPSA) is 90.2 Å². The van der Waals surface area contributed by atoms with Crippen LogP contribution in [0, 0.1) is 0 Å². The predicted molar refractivity (Wildman–Crippen MR) is 131 cm³/mol. The summed E-state index contributed by atoms with van der Waals surface area (Å²) < 4.78 is 0. The van der Waals surface area contributed by atoms with Crippen molar-refractivity contribution in [3.63, 3.8) is 0 Å². The van der Waals surface area contributed by atoms with Crippen LogP contribution >= 0.6 is 11.6 Å². The Morgan fingerprint density at radius 2 is 1.00 bits per heavy atom. The third-order valence-corrected chi connectivity index (χ3v) is 4.40. The molecule has 0 saturated carbocycles. The number of pyridine rings is 3. The van der Waals surface area contributed by atoms with Crippen LogP contribution in [0.15, 0.2) is 108 Å². The molecule has 7 nitrogen and oxygen atoms in total. The predicted octanol–water partition coefficient (Wildman–Crippen LogP) is 4.62. The second kappa shape index (κ2) is 15.0. The van der Waals surface area contributed by atoms with Gasteiger partial charge in [0.05, 0.1) is 22.8 Å². The van der Waals surface area contributed by atoms with Gasteiger partial charge in [0.25, 0.3) is 0 Å². The van der Waals surface area contributed by atoms with E-state index >= 15 is 0 Å². The second-order valence-electron chi connectivity index (χ2n) is 6.05. The van der Waals surface area contributed by atoms with Gasteiger partial charge in [-0.15, -0.1) is 0 Å². The molecule has 5 aromatic rings. The zero-order valence-electron chi connectivity index (χ0n) is 17.4. The van der Waals surface area contributed by atoms with Gasteiger partial charge in [-0.05, 0) is 48.5 Å². The van der Waals surface area contributed by atoms with Crippen LogP contribution in [0.25, 0.3) is 22.8 Å². The van der Waals surface area contributed by atoms with Crippen LogP contribution in [-0.2, 0) is 46.3 Å². The van der Waals surface area contributed by atoms with Gasteiger partial charge in [-0.2, -0.15) is 0 Å². The molecule has 0 radical (unpaired) electrons. The Morgan fingerprint density at radius 3 is 1.47 bits per heavy atom. The molecule has 34 heavy (non-hydrogen) atoms. The average Bonchev–Trinajstić information content (AvgIpc) is 2.86. The molecule has 0 spiro atoms. The van der Waals surface area contributed by atoms with E-state index in [1.54, 1.807) is 61.4 Å². The van der Waals surface area contributed by atoms with Crippen LogP contribution in [0.4, 0.5) is 0 Å². The fourth-order valence-electron chi connectivity index (χ4n) is 2.35. The molecule has 0 aliphatic carbocycles. The van der Waals surface area contributed by atoms with Crippen LogP contribution < -0.4 is 0 Å². The van der Waals surface area contributed by atoms with Crippen molar-refractivity contribution in [3.05, 3.63) is 103 Å². The van der Waals surface area contributed by atoms with E-state index in [0.29, 0.717) is 15.3 Å². The van der Waals surface area contributed by atoms with Crippen LogP contribution in [0.1, 0.15) is 0 Å². The van der Waals surface area contributed by atoms with Gasteiger partial charge in [0.1, 0.15) is 0 Å². The van der Waals surface area contributed by atoms with Gasteiger partial charge >= 0.3 is 21.1 Å². The first-order valence-corrected chi connectivity index (χ1v) is 10.7. The van der Waals surface area contributed by atoms with E-state index in [4.69, 9.17) is 11.6 Å². The molecule has 172 valence electrons. The van der Waals surface area contributed by atoms with Gasteiger partial charge in [0.15, 0.2) is 0 Å². The Balaban J connectivity index is 0.000000224. The first-order chi connectivity index (χ1) is 16.1. The fourth-order valence-corrected chi connectivity index (χ4v) is 2.75. The van der Waals surface area contributed by atoms with Crippen molar-refractivity contribution >= 4 is 36.9 Å². The Labute approximate surface area is 227 Å². The summed E-state index contributed by atoms with van der Waals surface area (Å²) in [7, 11) is 0.